The number of hydrogen-bond acceptors (Lipinski definition) is 3. The van der Waals surface area contributed by atoms with Gasteiger partial charge in [0.25, 0.3) is 0 Å². The van der Waals surface area contributed by atoms with Crippen LogP contribution >= 0.6 is 0 Å². The summed E-state index contributed by atoms with van der Waals surface area (Å²) in [7, 11) is 0. The highest BCUT2D eigenvalue weighted by molar-refractivity contribution is 5.78. The molecule has 1 rings (SSSR count). The Morgan fingerprint density at radius 2 is 2.12 bits per heavy atom. The minimum atomic E-state index is -0.303. The predicted octanol–water partition coefficient (Wildman–Crippen LogP) is 0.915. The standard InChI is InChI=1S/C12H17FN2O2/c1-9(8-14)12(16)15-6-7-17-11-4-2-10(13)3-5-11/h2-5,9H,6-8,14H2,1H3,(H,15,16). The van der Waals surface area contributed by atoms with Gasteiger partial charge in [0.2, 0.25) is 5.91 Å². The molecule has 1 aromatic carbocycles. The van der Waals surface area contributed by atoms with Gasteiger partial charge in [-0.15, -0.1) is 0 Å². The Kier molecular flexibility index (Phi) is 5.42. The molecule has 0 spiro atoms. The summed E-state index contributed by atoms with van der Waals surface area (Å²) in [6, 6.07) is 5.73. The fourth-order valence-electron chi connectivity index (χ4n) is 1.16. The van der Waals surface area contributed by atoms with Gasteiger partial charge in [0.1, 0.15) is 18.2 Å². The number of ether oxygens (including phenoxy) is 1. The van der Waals surface area contributed by atoms with Gasteiger partial charge in [0, 0.05) is 12.5 Å². The van der Waals surface area contributed by atoms with Crippen LogP contribution in [0.2, 0.25) is 0 Å². The minimum Gasteiger partial charge on any atom is -0.492 e. The van der Waals surface area contributed by atoms with E-state index in [4.69, 9.17) is 10.5 Å². The number of hydrogen-bond donors (Lipinski definition) is 2. The van der Waals surface area contributed by atoms with Crippen molar-refractivity contribution < 1.29 is 13.9 Å². The van der Waals surface area contributed by atoms with Crippen LogP contribution in [0, 0.1) is 11.7 Å². The maximum atomic E-state index is 12.6. The van der Waals surface area contributed by atoms with Crippen LogP contribution in [0.15, 0.2) is 24.3 Å². The van der Waals surface area contributed by atoms with E-state index in [0.717, 1.165) is 0 Å². The minimum absolute atomic E-state index is 0.0878. The van der Waals surface area contributed by atoms with E-state index in [9.17, 15) is 9.18 Å². The highest BCUT2D eigenvalue weighted by Crippen LogP contribution is 2.10. The monoisotopic (exact) mass is 240 g/mol. The van der Waals surface area contributed by atoms with Crippen molar-refractivity contribution in [1.82, 2.24) is 5.32 Å². The molecule has 94 valence electrons. The molecule has 0 radical (unpaired) electrons. The number of halogens is 1. The Balaban J connectivity index is 2.20. The summed E-state index contributed by atoms with van der Waals surface area (Å²) in [6.45, 7) is 2.83. The van der Waals surface area contributed by atoms with E-state index in [1.807, 2.05) is 0 Å². The number of nitrogens with two attached hydrogens (primary N) is 1. The number of carbonyl (C=O) groups is 1. The van der Waals surface area contributed by atoms with E-state index in [2.05, 4.69) is 5.32 Å². The first-order chi connectivity index (χ1) is 8.13. The lowest BCUT2D eigenvalue weighted by molar-refractivity contribution is -0.124. The van der Waals surface area contributed by atoms with E-state index in [1.165, 1.54) is 12.1 Å². The van der Waals surface area contributed by atoms with Gasteiger partial charge in [-0.25, -0.2) is 4.39 Å². The molecule has 3 N–H and O–H groups in total. The van der Waals surface area contributed by atoms with Gasteiger partial charge in [-0.05, 0) is 24.3 Å². The zero-order chi connectivity index (χ0) is 12.7. The fraction of sp³-hybridized carbons (Fsp3) is 0.417. The molecule has 0 aliphatic rings. The van der Waals surface area contributed by atoms with Crippen molar-refractivity contribution in [3.63, 3.8) is 0 Å². The second-order valence-corrected chi connectivity index (χ2v) is 3.73. The van der Waals surface area contributed by atoms with Crippen LogP contribution in [0.3, 0.4) is 0 Å². The van der Waals surface area contributed by atoms with Crippen LogP contribution < -0.4 is 15.8 Å². The Morgan fingerprint density at radius 1 is 1.47 bits per heavy atom. The van der Waals surface area contributed by atoms with Crippen LogP contribution in [0.25, 0.3) is 0 Å². The molecule has 0 aliphatic carbocycles. The Labute approximate surface area is 100.0 Å². The zero-order valence-corrected chi connectivity index (χ0v) is 9.78. The van der Waals surface area contributed by atoms with E-state index < -0.39 is 0 Å². The average molecular weight is 240 g/mol. The summed E-state index contributed by atoms with van der Waals surface area (Å²) in [4.78, 5) is 11.3. The summed E-state index contributed by atoms with van der Waals surface area (Å²) >= 11 is 0. The van der Waals surface area contributed by atoms with E-state index in [0.29, 0.717) is 25.4 Å². The van der Waals surface area contributed by atoms with Crippen LogP contribution in [-0.2, 0) is 4.79 Å². The van der Waals surface area contributed by atoms with Crippen molar-refractivity contribution in [3.8, 4) is 5.75 Å². The van der Waals surface area contributed by atoms with Crippen molar-refractivity contribution in [3.05, 3.63) is 30.1 Å². The Morgan fingerprint density at radius 3 is 2.71 bits per heavy atom. The molecule has 1 unspecified atom stereocenters. The van der Waals surface area contributed by atoms with Gasteiger partial charge in [-0.2, -0.15) is 0 Å². The van der Waals surface area contributed by atoms with Crippen molar-refractivity contribution in [2.45, 2.75) is 6.92 Å². The molecule has 0 heterocycles. The van der Waals surface area contributed by atoms with Crippen molar-refractivity contribution >= 4 is 5.91 Å². The summed E-state index contributed by atoms with van der Waals surface area (Å²) in [6.07, 6.45) is 0. The first-order valence-electron chi connectivity index (χ1n) is 5.49. The van der Waals surface area contributed by atoms with E-state index in [1.54, 1.807) is 19.1 Å². The fourth-order valence-corrected chi connectivity index (χ4v) is 1.16. The van der Waals surface area contributed by atoms with E-state index in [-0.39, 0.29) is 17.6 Å². The normalized spacial score (nSPS) is 11.9. The average Bonchev–Trinajstić information content (AvgIpc) is 2.35. The third-order valence-corrected chi connectivity index (χ3v) is 2.28. The molecule has 1 atom stereocenters. The molecule has 0 aromatic heterocycles. The molecule has 0 aliphatic heterocycles. The highest BCUT2D eigenvalue weighted by atomic mass is 19.1. The van der Waals surface area contributed by atoms with Gasteiger partial charge in [0.05, 0.1) is 6.54 Å². The second kappa shape index (κ2) is 6.85. The van der Waals surface area contributed by atoms with E-state index >= 15 is 0 Å². The summed E-state index contributed by atoms with van der Waals surface area (Å²) in [5.41, 5.74) is 5.35. The Bertz CT molecular complexity index is 354. The van der Waals surface area contributed by atoms with Gasteiger partial charge in [-0.1, -0.05) is 6.92 Å². The first-order valence-corrected chi connectivity index (χ1v) is 5.49. The number of rotatable bonds is 6. The first kappa shape index (κ1) is 13.4. The highest BCUT2D eigenvalue weighted by Gasteiger charge is 2.09. The van der Waals surface area contributed by atoms with Gasteiger partial charge >= 0.3 is 0 Å². The number of carbonyl (C=O) groups excluding carboxylic acids is 1. The molecule has 17 heavy (non-hydrogen) atoms. The molecule has 5 heteroatoms. The van der Waals surface area contributed by atoms with Crippen LogP contribution in [0.5, 0.6) is 5.75 Å². The van der Waals surface area contributed by atoms with Gasteiger partial charge in [0.15, 0.2) is 0 Å². The molecule has 0 saturated carbocycles. The second-order valence-electron chi connectivity index (χ2n) is 3.73. The molecule has 0 fully saturated rings. The molecule has 1 aromatic rings. The quantitative estimate of drug-likeness (QED) is 0.727. The largest absolute Gasteiger partial charge is 0.492 e. The summed E-state index contributed by atoms with van der Waals surface area (Å²) in [5.74, 6) is -0.00836. The SMILES string of the molecule is CC(CN)C(=O)NCCOc1ccc(F)cc1. The topological polar surface area (TPSA) is 64.4 Å². The van der Waals surface area contributed by atoms with Crippen LogP contribution in [0.1, 0.15) is 6.92 Å². The maximum Gasteiger partial charge on any atom is 0.224 e. The number of nitrogens with one attached hydrogen (secondary N) is 1. The summed E-state index contributed by atoms with van der Waals surface area (Å²) in [5, 5.41) is 2.70. The maximum absolute atomic E-state index is 12.6. The lowest BCUT2D eigenvalue weighted by Gasteiger charge is -2.10. The number of amides is 1. The lowest BCUT2D eigenvalue weighted by Crippen LogP contribution is -2.35. The molecule has 0 saturated heterocycles. The third-order valence-electron chi connectivity index (χ3n) is 2.28. The van der Waals surface area contributed by atoms with Crippen LogP contribution in [0.4, 0.5) is 4.39 Å². The molecular formula is C12H17FN2O2. The van der Waals surface area contributed by atoms with Crippen molar-refractivity contribution in [1.29, 1.82) is 0 Å². The van der Waals surface area contributed by atoms with Gasteiger partial charge < -0.3 is 15.8 Å². The third kappa shape index (κ3) is 4.82. The molecule has 0 bridgehead atoms. The van der Waals surface area contributed by atoms with Crippen molar-refractivity contribution in [2.75, 3.05) is 19.7 Å². The lowest BCUT2D eigenvalue weighted by atomic mass is 10.2. The molecule has 1 amide bonds. The Hall–Kier alpha value is -1.62. The van der Waals surface area contributed by atoms with Crippen molar-refractivity contribution in [2.24, 2.45) is 11.7 Å². The van der Waals surface area contributed by atoms with Crippen LogP contribution in [-0.4, -0.2) is 25.6 Å². The van der Waals surface area contributed by atoms with Gasteiger partial charge in [-0.3, -0.25) is 4.79 Å². The zero-order valence-electron chi connectivity index (χ0n) is 9.78. The number of benzene rings is 1. The summed E-state index contributed by atoms with van der Waals surface area (Å²) < 4.78 is 17.9. The predicted molar refractivity (Wildman–Crippen MR) is 63.1 cm³/mol. The molecular weight excluding hydrogens is 223 g/mol. The smallest absolute Gasteiger partial charge is 0.224 e. The molecule has 4 nitrogen and oxygen atoms in total.